The highest BCUT2D eigenvalue weighted by atomic mass is 79.9. The van der Waals surface area contributed by atoms with Gasteiger partial charge in [-0.2, -0.15) is 5.10 Å². The molecular weight excluding hydrogens is 318 g/mol. The fraction of sp³-hybridized carbons (Fsp3) is 0.400. The lowest BCUT2D eigenvalue weighted by Gasteiger charge is -2.24. The van der Waals surface area contributed by atoms with E-state index < -0.39 is 0 Å². The minimum absolute atomic E-state index is 0.320. The topological polar surface area (TPSA) is 41.3 Å². The Hall–Kier alpha value is -1.33. The highest BCUT2D eigenvalue weighted by Crippen LogP contribution is 2.34. The zero-order chi connectivity index (χ0) is 14.1. The van der Waals surface area contributed by atoms with Gasteiger partial charge in [0.1, 0.15) is 5.75 Å². The Balaban J connectivity index is 1.81. The standard InChI is InChI=1S/C15H18BrN3O/c1-18-9-12(8-17-18)15-3-2-6-19(15)10-11-7-13(20)4-5-14(11)16/h4-5,7-9,15,20H,2-3,6,10H2,1H3/t15-/m1/s1. The third kappa shape index (κ3) is 2.74. The van der Waals surface area contributed by atoms with Crippen molar-refractivity contribution in [2.24, 2.45) is 7.05 Å². The molecule has 20 heavy (non-hydrogen) atoms. The van der Waals surface area contributed by atoms with Crippen LogP contribution in [-0.4, -0.2) is 26.3 Å². The van der Waals surface area contributed by atoms with Gasteiger partial charge in [0.2, 0.25) is 0 Å². The average Bonchev–Trinajstić information content (AvgIpc) is 3.02. The van der Waals surface area contributed by atoms with E-state index in [0.717, 1.165) is 23.1 Å². The molecule has 3 rings (SSSR count). The summed E-state index contributed by atoms with van der Waals surface area (Å²) in [5.41, 5.74) is 2.40. The lowest BCUT2D eigenvalue weighted by atomic mass is 10.1. The van der Waals surface area contributed by atoms with Crippen LogP contribution in [-0.2, 0) is 13.6 Å². The maximum absolute atomic E-state index is 9.65. The molecule has 1 aliphatic heterocycles. The maximum atomic E-state index is 9.65. The van der Waals surface area contributed by atoms with Crippen LogP contribution >= 0.6 is 15.9 Å². The highest BCUT2D eigenvalue weighted by molar-refractivity contribution is 9.10. The Kier molecular flexibility index (Phi) is 3.81. The normalized spacial score (nSPS) is 19.6. The van der Waals surface area contributed by atoms with Crippen molar-refractivity contribution >= 4 is 15.9 Å². The third-order valence-corrected chi connectivity index (χ3v) is 4.65. The molecule has 5 heteroatoms. The van der Waals surface area contributed by atoms with E-state index >= 15 is 0 Å². The maximum Gasteiger partial charge on any atom is 0.115 e. The van der Waals surface area contributed by atoms with Crippen molar-refractivity contribution in [3.8, 4) is 5.75 Å². The number of nitrogens with zero attached hydrogens (tertiary/aromatic N) is 3. The largest absolute Gasteiger partial charge is 0.508 e. The quantitative estimate of drug-likeness (QED) is 0.936. The fourth-order valence-electron chi connectivity index (χ4n) is 2.91. The number of halogens is 1. The van der Waals surface area contributed by atoms with Gasteiger partial charge in [-0.25, -0.2) is 0 Å². The van der Waals surface area contributed by atoms with E-state index in [1.165, 1.54) is 18.4 Å². The number of phenols is 1. The minimum Gasteiger partial charge on any atom is -0.508 e. The van der Waals surface area contributed by atoms with Crippen molar-refractivity contribution in [3.63, 3.8) is 0 Å². The Labute approximate surface area is 127 Å². The van der Waals surface area contributed by atoms with E-state index in [0.29, 0.717) is 11.8 Å². The second-order valence-electron chi connectivity index (χ2n) is 5.35. The first kappa shape index (κ1) is 13.6. The zero-order valence-electron chi connectivity index (χ0n) is 11.5. The molecule has 0 unspecified atom stereocenters. The number of phenolic OH excluding ortho intramolecular Hbond substituents is 1. The van der Waals surface area contributed by atoms with Crippen LogP contribution in [0.3, 0.4) is 0 Å². The number of hydrogen-bond acceptors (Lipinski definition) is 3. The van der Waals surface area contributed by atoms with Crippen LogP contribution in [0.25, 0.3) is 0 Å². The van der Waals surface area contributed by atoms with Gasteiger partial charge in [0.25, 0.3) is 0 Å². The molecule has 1 fully saturated rings. The number of rotatable bonds is 3. The van der Waals surface area contributed by atoms with Gasteiger partial charge in [0, 0.05) is 35.9 Å². The summed E-state index contributed by atoms with van der Waals surface area (Å²) in [5.74, 6) is 0.320. The molecule has 2 aromatic rings. The predicted molar refractivity (Wildman–Crippen MR) is 81.4 cm³/mol. The van der Waals surface area contributed by atoms with Crippen LogP contribution in [0.2, 0.25) is 0 Å². The number of hydrogen-bond donors (Lipinski definition) is 1. The summed E-state index contributed by atoms with van der Waals surface area (Å²) in [6.07, 6.45) is 6.43. The van der Waals surface area contributed by atoms with Crippen LogP contribution in [0.5, 0.6) is 5.75 Å². The monoisotopic (exact) mass is 335 g/mol. The number of aromatic hydroxyl groups is 1. The van der Waals surface area contributed by atoms with E-state index in [-0.39, 0.29) is 0 Å². The number of benzene rings is 1. The van der Waals surface area contributed by atoms with E-state index in [1.54, 1.807) is 6.07 Å². The van der Waals surface area contributed by atoms with Crippen LogP contribution in [0.4, 0.5) is 0 Å². The molecule has 0 radical (unpaired) electrons. The molecular formula is C15H18BrN3O. The van der Waals surface area contributed by atoms with Gasteiger partial charge in [-0.1, -0.05) is 15.9 Å². The first-order valence-electron chi connectivity index (χ1n) is 6.83. The van der Waals surface area contributed by atoms with E-state index in [4.69, 9.17) is 0 Å². The van der Waals surface area contributed by atoms with Crippen molar-refractivity contribution in [3.05, 3.63) is 46.2 Å². The summed E-state index contributed by atoms with van der Waals surface area (Å²) in [6.45, 7) is 1.93. The molecule has 0 spiro atoms. The molecule has 1 aliphatic rings. The minimum atomic E-state index is 0.320. The summed E-state index contributed by atoms with van der Waals surface area (Å²) >= 11 is 3.56. The predicted octanol–water partition coefficient (Wildman–Crippen LogP) is 3.23. The summed E-state index contributed by atoms with van der Waals surface area (Å²) in [6, 6.07) is 5.87. The summed E-state index contributed by atoms with van der Waals surface area (Å²) in [7, 11) is 1.95. The van der Waals surface area contributed by atoms with E-state index in [1.807, 2.05) is 30.1 Å². The molecule has 106 valence electrons. The van der Waals surface area contributed by atoms with Gasteiger partial charge in [0.05, 0.1) is 6.20 Å². The van der Waals surface area contributed by atoms with Crippen molar-refractivity contribution in [2.45, 2.75) is 25.4 Å². The molecule has 0 amide bonds. The molecule has 1 saturated heterocycles. The molecule has 0 aliphatic carbocycles. The van der Waals surface area contributed by atoms with Crippen molar-refractivity contribution < 1.29 is 5.11 Å². The molecule has 1 atom stereocenters. The van der Waals surface area contributed by atoms with Crippen molar-refractivity contribution in [1.29, 1.82) is 0 Å². The average molecular weight is 336 g/mol. The molecule has 1 N–H and O–H groups in total. The van der Waals surface area contributed by atoms with Gasteiger partial charge in [-0.3, -0.25) is 9.58 Å². The van der Waals surface area contributed by atoms with Gasteiger partial charge in [0.15, 0.2) is 0 Å². The first-order chi connectivity index (χ1) is 9.63. The second kappa shape index (κ2) is 5.58. The Morgan fingerprint density at radius 2 is 2.30 bits per heavy atom. The van der Waals surface area contributed by atoms with Crippen molar-refractivity contribution in [1.82, 2.24) is 14.7 Å². The van der Waals surface area contributed by atoms with Gasteiger partial charge in [-0.05, 0) is 43.1 Å². The Morgan fingerprint density at radius 1 is 1.45 bits per heavy atom. The lowest BCUT2D eigenvalue weighted by Crippen LogP contribution is -2.22. The van der Waals surface area contributed by atoms with Gasteiger partial charge < -0.3 is 5.11 Å². The van der Waals surface area contributed by atoms with E-state index in [9.17, 15) is 5.11 Å². The molecule has 4 nitrogen and oxygen atoms in total. The van der Waals surface area contributed by atoms with Crippen molar-refractivity contribution in [2.75, 3.05) is 6.54 Å². The van der Waals surface area contributed by atoms with E-state index in [2.05, 4.69) is 32.1 Å². The summed E-state index contributed by atoms with van der Waals surface area (Å²) in [5, 5.41) is 13.9. The molecule has 1 aromatic heterocycles. The SMILES string of the molecule is Cn1cc([C@H]2CCCN2Cc2cc(O)ccc2Br)cn1. The molecule has 0 saturated carbocycles. The fourth-order valence-corrected chi connectivity index (χ4v) is 3.28. The smallest absolute Gasteiger partial charge is 0.115 e. The summed E-state index contributed by atoms with van der Waals surface area (Å²) < 4.78 is 2.91. The zero-order valence-corrected chi connectivity index (χ0v) is 13.0. The first-order valence-corrected chi connectivity index (χ1v) is 7.63. The van der Waals surface area contributed by atoms with Crippen LogP contribution < -0.4 is 0 Å². The molecule has 0 bridgehead atoms. The van der Waals surface area contributed by atoms with Crippen LogP contribution in [0, 0.1) is 0 Å². The van der Waals surface area contributed by atoms with Gasteiger partial charge >= 0.3 is 0 Å². The van der Waals surface area contributed by atoms with Crippen LogP contribution in [0.1, 0.15) is 30.0 Å². The molecule has 1 aromatic carbocycles. The Bertz CT molecular complexity index is 611. The second-order valence-corrected chi connectivity index (χ2v) is 6.21. The highest BCUT2D eigenvalue weighted by Gasteiger charge is 2.27. The summed E-state index contributed by atoms with van der Waals surface area (Å²) in [4.78, 5) is 2.45. The number of likely N-dealkylation sites (tertiary alicyclic amines) is 1. The Morgan fingerprint density at radius 3 is 3.05 bits per heavy atom. The van der Waals surface area contributed by atoms with Gasteiger partial charge in [-0.15, -0.1) is 0 Å². The third-order valence-electron chi connectivity index (χ3n) is 3.88. The number of aryl methyl sites for hydroxylation is 1. The number of aromatic nitrogens is 2. The molecule has 2 heterocycles. The van der Waals surface area contributed by atoms with Crippen LogP contribution in [0.15, 0.2) is 35.1 Å². The lowest BCUT2D eigenvalue weighted by molar-refractivity contribution is 0.247.